The largest absolute Gasteiger partial charge is 0.380 e. The number of nitrogens with one attached hydrogen (secondary N) is 1. The molecule has 3 nitrogen and oxygen atoms in total. The molecule has 0 radical (unpaired) electrons. The Morgan fingerprint density at radius 2 is 2.46 bits per heavy atom. The minimum absolute atomic E-state index is 0.178. The Balaban J connectivity index is 2.31. The molecule has 0 amide bonds. The molecule has 2 unspecified atom stereocenters. The highest BCUT2D eigenvalue weighted by Gasteiger charge is 2.32. The summed E-state index contributed by atoms with van der Waals surface area (Å²) in [7, 11) is 1.74. The third kappa shape index (κ3) is 3.13. The number of ether oxygens (including phenoxy) is 1. The van der Waals surface area contributed by atoms with Crippen molar-refractivity contribution >= 4 is 11.8 Å². The lowest BCUT2D eigenvalue weighted by molar-refractivity contribution is 0.109. The lowest BCUT2D eigenvalue weighted by atomic mass is 9.99. The fourth-order valence-electron chi connectivity index (χ4n) is 1.42. The second-order valence-electron chi connectivity index (χ2n) is 3.71. The number of methoxy groups -OCH3 is 1. The first-order chi connectivity index (χ1) is 6.22. The Hall–Kier alpha value is 0.230. The van der Waals surface area contributed by atoms with Gasteiger partial charge in [-0.05, 0) is 19.1 Å². The summed E-state index contributed by atoms with van der Waals surface area (Å²) in [5.74, 6) is 2.37. The summed E-state index contributed by atoms with van der Waals surface area (Å²) in [4.78, 5) is 0. The molecule has 0 spiro atoms. The van der Waals surface area contributed by atoms with Crippen molar-refractivity contribution in [3.05, 3.63) is 0 Å². The van der Waals surface area contributed by atoms with Crippen LogP contribution in [0.1, 0.15) is 13.3 Å². The van der Waals surface area contributed by atoms with Crippen LogP contribution in [0.4, 0.5) is 0 Å². The Morgan fingerprint density at radius 3 is 2.92 bits per heavy atom. The highest BCUT2D eigenvalue weighted by Crippen LogP contribution is 2.26. The first-order valence-corrected chi connectivity index (χ1v) is 5.93. The van der Waals surface area contributed by atoms with Gasteiger partial charge in [-0.3, -0.25) is 0 Å². The summed E-state index contributed by atoms with van der Waals surface area (Å²) >= 11 is 1.98. The number of hydrogen-bond donors (Lipinski definition) is 2. The Kier molecular flexibility index (Phi) is 4.52. The maximum atomic E-state index is 5.78. The maximum Gasteiger partial charge on any atom is 0.0667 e. The smallest absolute Gasteiger partial charge is 0.0667 e. The standard InChI is InChI=1S/C9H20N2OS/c1-8(12-2)5-11-9(6-10)3-4-13-7-9/h8,11H,3-7,10H2,1-2H3. The van der Waals surface area contributed by atoms with Crippen molar-refractivity contribution in [1.82, 2.24) is 5.32 Å². The zero-order valence-corrected chi connectivity index (χ0v) is 9.32. The molecule has 0 saturated carbocycles. The summed E-state index contributed by atoms with van der Waals surface area (Å²) in [6, 6.07) is 0. The van der Waals surface area contributed by atoms with Crippen LogP contribution in [0.15, 0.2) is 0 Å². The summed E-state index contributed by atoms with van der Waals surface area (Å²) in [6.07, 6.45) is 1.46. The van der Waals surface area contributed by atoms with Gasteiger partial charge >= 0.3 is 0 Å². The maximum absolute atomic E-state index is 5.78. The van der Waals surface area contributed by atoms with Crippen molar-refractivity contribution in [3.8, 4) is 0 Å². The topological polar surface area (TPSA) is 47.3 Å². The van der Waals surface area contributed by atoms with Crippen LogP contribution >= 0.6 is 11.8 Å². The predicted molar refractivity (Wildman–Crippen MR) is 58.2 cm³/mol. The van der Waals surface area contributed by atoms with Gasteiger partial charge in [0.15, 0.2) is 0 Å². The van der Waals surface area contributed by atoms with Crippen LogP contribution in [0.25, 0.3) is 0 Å². The molecule has 3 N–H and O–H groups in total. The van der Waals surface area contributed by atoms with Crippen LogP contribution in [-0.4, -0.2) is 43.3 Å². The zero-order valence-electron chi connectivity index (χ0n) is 8.51. The van der Waals surface area contributed by atoms with Crippen molar-refractivity contribution in [2.45, 2.75) is 25.0 Å². The summed E-state index contributed by atoms with van der Waals surface area (Å²) in [5, 5.41) is 3.52. The van der Waals surface area contributed by atoms with Crippen LogP contribution in [0, 0.1) is 0 Å². The number of hydrogen-bond acceptors (Lipinski definition) is 4. The van der Waals surface area contributed by atoms with Crippen LogP contribution in [0.5, 0.6) is 0 Å². The van der Waals surface area contributed by atoms with Crippen LogP contribution < -0.4 is 11.1 Å². The zero-order chi connectivity index (χ0) is 9.73. The van der Waals surface area contributed by atoms with Gasteiger partial charge in [-0.1, -0.05) is 0 Å². The summed E-state index contributed by atoms with van der Waals surface area (Å²) in [6.45, 7) is 3.70. The van der Waals surface area contributed by atoms with Crippen LogP contribution in [-0.2, 0) is 4.74 Å². The van der Waals surface area contributed by atoms with E-state index >= 15 is 0 Å². The summed E-state index contributed by atoms with van der Waals surface area (Å²) < 4.78 is 5.19. The molecule has 0 aliphatic carbocycles. The second-order valence-corrected chi connectivity index (χ2v) is 4.82. The molecule has 2 atom stereocenters. The van der Waals surface area contributed by atoms with Gasteiger partial charge < -0.3 is 15.8 Å². The first-order valence-electron chi connectivity index (χ1n) is 4.78. The van der Waals surface area contributed by atoms with Gasteiger partial charge in [0.1, 0.15) is 0 Å². The van der Waals surface area contributed by atoms with Crippen LogP contribution in [0.3, 0.4) is 0 Å². The Labute approximate surface area is 84.8 Å². The molecule has 0 aromatic rings. The van der Waals surface area contributed by atoms with Gasteiger partial charge in [0, 0.05) is 31.5 Å². The van der Waals surface area contributed by atoms with E-state index in [0.717, 1.165) is 18.8 Å². The molecule has 1 aliphatic heterocycles. The van der Waals surface area contributed by atoms with E-state index in [1.807, 2.05) is 11.8 Å². The van der Waals surface area contributed by atoms with Crippen molar-refractivity contribution in [2.75, 3.05) is 31.7 Å². The second kappa shape index (κ2) is 5.20. The quantitative estimate of drug-likeness (QED) is 0.682. The van der Waals surface area contributed by atoms with Crippen LogP contribution in [0.2, 0.25) is 0 Å². The van der Waals surface area contributed by atoms with E-state index in [9.17, 15) is 0 Å². The molecular weight excluding hydrogens is 184 g/mol. The van der Waals surface area contributed by atoms with Gasteiger partial charge in [0.05, 0.1) is 6.10 Å². The molecule has 1 heterocycles. The molecular formula is C9H20N2OS. The molecule has 0 aromatic carbocycles. The lowest BCUT2D eigenvalue weighted by Crippen LogP contribution is -2.53. The molecule has 4 heteroatoms. The van der Waals surface area contributed by atoms with Crippen molar-refractivity contribution in [2.24, 2.45) is 5.73 Å². The fourth-order valence-corrected chi connectivity index (χ4v) is 2.86. The monoisotopic (exact) mass is 204 g/mol. The average Bonchev–Trinajstić information content (AvgIpc) is 2.63. The molecule has 0 aromatic heterocycles. The van der Waals surface area contributed by atoms with Gasteiger partial charge in [0.25, 0.3) is 0 Å². The van der Waals surface area contributed by atoms with Crippen molar-refractivity contribution < 1.29 is 4.74 Å². The van der Waals surface area contributed by atoms with E-state index in [1.165, 1.54) is 12.2 Å². The molecule has 13 heavy (non-hydrogen) atoms. The lowest BCUT2D eigenvalue weighted by Gasteiger charge is -2.29. The minimum Gasteiger partial charge on any atom is -0.380 e. The fraction of sp³-hybridized carbons (Fsp3) is 1.00. The SMILES string of the molecule is COC(C)CNC1(CN)CCSC1. The molecule has 1 rings (SSSR count). The molecule has 0 bridgehead atoms. The molecule has 78 valence electrons. The molecule has 1 saturated heterocycles. The van der Waals surface area contributed by atoms with E-state index in [0.29, 0.717) is 0 Å². The number of rotatable bonds is 5. The van der Waals surface area contributed by atoms with E-state index in [1.54, 1.807) is 7.11 Å². The third-order valence-electron chi connectivity index (χ3n) is 2.66. The number of nitrogens with two attached hydrogens (primary N) is 1. The highest BCUT2D eigenvalue weighted by molar-refractivity contribution is 7.99. The molecule has 1 fully saturated rings. The average molecular weight is 204 g/mol. The Bertz CT molecular complexity index is 149. The van der Waals surface area contributed by atoms with Gasteiger partial charge in [0.2, 0.25) is 0 Å². The first kappa shape index (κ1) is 11.3. The predicted octanol–water partition coefficient (Wildman–Crippen LogP) is 0.445. The third-order valence-corrected chi connectivity index (χ3v) is 3.91. The highest BCUT2D eigenvalue weighted by atomic mass is 32.2. The van der Waals surface area contributed by atoms with E-state index in [2.05, 4.69) is 12.2 Å². The van der Waals surface area contributed by atoms with Crippen molar-refractivity contribution in [3.63, 3.8) is 0 Å². The van der Waals surface area contributed by atoms with Gasteiger partial charge in [-0.15, -0.1) is 0 Å². The number of thioether (sulfide) groups is 1. The summed E-state index contributed by atoms with van der Waals surface area (Å²) in [5.41, 5.74) is 5.96. The normalized spacial score (nSPS) is 30.7. The minimum atomic E-state index is 0.178. The van der Waals surface area contributed by atoms with E-state index in [-0.39, 0.29) is 11.6 Å². The van der Waals surface area contributed by atoms with Gasteiger partial charge in [-0.25, -0.2) is 0 Å². The molecule has 1 aliphatic rings. The van der Waals surface area contributed by atoms with Gasteiger partial charge in [-0.2, -0.15) is 11.8 Å². The van der Waals surface area contributed by atoms with Crippen molar-refractivity contribution in [1.29, 1.82) is 0 Å². The van der Waals surface area contributed by atoms with E-state index < -0.39 is 0 Å². The van der Waals surface area contributed by atoms with E-state index in [4.69, 9.17) is 10.5 Å². The Morgan fingerprint density at radius 1 is 1.69 bits per heavy atom.